The number of hydrogen-bond donors (Lipinski definition) is 2. The highest BCUT2D eigenvalue weighted by molar-refractivity contribution is 14.0. The molecule has 0 aromatic carbocycles. The molecule has 142 valence electrons. The van der Waals surface area contributed by atoms with E-state index in [0.29, 0.717) is 6.04 Å². The molecule has 1 saturated heterocycles. The SMILES string of the molecule is CCNC(=NCC(c1ccco1)N1CCCC1)NC1CCCCC1.I. The summed E-state index contributed by atoms with van der Waals surface area (Å²) in [5.74, 6) is 1.99. The van der Waals surface area contributed by atoms with E-state index in [9.17, 15) is 0 Å². The first-order valence-corrected chi connectivity index (χ1v) is 9.69. The van der Waals surface area contributed by atoms with Gasteiger partial charge in [-0.1, -0.05) is 19.3 Å². The van der Waals surface area contributed by atoms with E-state index in [-0.39, 0.29) is 30.0 Å². The first-order chi connectivity index (χ1) is 11.9. The molecule has 1 aromatic heterocycles. The Morgan fingerprint density at radius 1 is 1.24 bits per heavy atom. The van der Waals surface area contributed by atoms with Crippen molar-refractivity contribution in [2.24, 2.45) is 4.99 Å². The van der Waals surface area contributed by atoms with Crippen LogP contribution in [0.2, 0.25) is 0 Å². The minimum Gasteiger partial charge on any atom is -0.468 e. The Kier molecular flexibility index (Phi) is 9.09. The number of furan rings is 1. The Labute approximate surface area is 169 Å². The van der Waals surface area contributed by atoms with E-state index in [1.54, 1.807) is 6.26 Å². The Morgan fingerprint density at radius 3 is 2.64 bits per heavy atom. The zero-order valence-corrected chi connectivity index (χ0v) is 17.7. The van der Waals surface area contributed by atoms with Crippen LogP contribution in [-0.2, 0) is 0 Å². The molecular weight excluding hydrogens is 427 g/mol. The number of likely N-dealkylation sites (tertiary alicyclic amines) is 1. The average Bonchev–Trinajstić information content (AvgIpc) is 3.30. The van der Waals surface area contributed by atoms with Crippen LogP contribution in [0, 0.1) is 0 Å². The first-order valence-electron chi connectivity index (χ1n) is 9.69. The van der Waals surface area contributed by atoms with E-state index in [2.05, 4.69) is 28.5 Å². The van der Waals surface area contributed by atoms with E-state index in [0.717, 1.165) is 37.9 Å². The van der Waals surface area contributed by atoms with Crippen molar-refractivity contribution >= 4 is 29.9 Å². The second kappa shape index (κ2) is 11.1. The fourth-order valence-corrected chi connectivity index (χ4v) is 3.86. The maximum Gasteiger partial charge on any atom is 0.191 e. The van der Waals surface area contributed by atoms with Crippen LogP contribution in [0.4, 0.5) is 0 Å². The predicted octanol–water partition coefficient (Wildman–Crippen LogP) is 3.92. The van der Waals surface area contributed by atoms with Crippen LogP contribution in [0.3, 0.4) is 0 Å². The van der Waals surface area contributed by atoms with E-state index in [4.69, 9.17) is 9.41 Å². The molecule has 5 nitrogen and oxygen atoms in total. The molecule has 6 heteroatoms. The van der Waals surface area contributed by atoms with Gasteiger partial charge in [-0.3, -0.25) is 9.89 Å². The summed E-state index contributed by atoms with van der Waals surface area (Å²) < 4.78 is 5.70. The third kappa shape index (κ3) is 6.16. The van der Waals surface area contributed by atoms with Gasteiger partial charge in [0.05, 0.1) is 18.8 Å². The highest BCUT2D eigenvalue weighted by atomic mass is 127. The van der Waals surface area contributed by atoms with Gasteiger partial charge >= 0.3 is 0 Å². The Balaban J connectivity index is 0.00000225. The molecule has 2 aliphatic rings. The number of rotatable bonds is 6. The number of nitrogens with one attached hydrogen (secondary N) is 2. The lowest BCUT2D eigenvalue weighted by Gasteiger charge is -2.27. The lowest BCUT2D eigenvalue weighted by molar-refractivity contribution is 0.221. The molecule has 2 N–H and O–H groups in total. The number of aliphatic imine (C=N–C) groups is 1. The third-order valence-electron chi connectivity index (χ3n) is 5.17. The minimum absolute atomic E-state index is 0. The van der Waals surface area contributed by atoms with Gasteiger partial charge in [-0.05, 0) is 57.8 Å². The number of halogens is 1. The van der Waals surface area contributed by atoms with Crippen LogP contribution in [0.15, 0.2) is 27.8 Å². The molecule has 0 bridgehead atoms. The highest BCUT2D eigenvalue weighted by Crippen LogP contribution is 2.26. The second-order valence-electron chi connectivity index (χ2n) is 6.97. The van der Waals surface area contributed by atoms with Crippen LogP contribution in [0.1, 0.15) is 63.7 Å². The van der Waals surface area contributed by atoms with Crippen molar-refractivity contribution in [3.63, 3.8) is 0 Å². The smallest absolute Gasteiger partial charge is 0.191 e. The van der Waals surface area contributed by atoms with Crippen molar-refractivity contribution in [3.05, 3.63) is 24.2 Å². The summed E-state index contributed by atoms with van der Waals surface area (Å²) in [4.78, 5) is 7.41. The molecule has 1 atom stereocenters. The zero-order valence-electron chi connectivity index (χ0n) is 15.4. The first kappa shape index (κ1) is 20.6. The molecule has 1 aliphatic heterocycles. The number of guanidine groups is 1. The van der Waals surface area contributed by atoms with E-state index in [1.165, 1.54) is 44.9 Å². The summed E-state index contributed by atoms with van der Waals surface area (Å²) >= 11 is 0. The monoisotopic (exact) mass is 460 g/mol. The maximum atomic E-state index is 5.70. The lowest BCUT2D eigenvalue weighted by Crippen LogP contribution is -2.44. The normalized spacial score (nSPS) is 20.9. The van der Waals surface area contributed by atoms with Crippen molar-refractivity contribution < 1.29 is 4.42 Å². The number of nitrogens with zero attached hydrogens (tertiary/aromatic N) is 2. The summed E-state index contributed by atoms with van der Waals surface area (Å²) in [6, 6.07) is 4.89. The summed E-state index contributed by atoms with van der Waals surface area (Å²) in [7, 11) is 0. The van der Waals surface area contributed by atoms with Crippen molar-refractivity contribution in [2.45, 2.75) is 64.0 Å². The summed E-state index contributed by atoms with van der Waals surface area (Å²) in [6.07, 6.45) is 10.9. The van der Waals surface area contributed by atoms with Crippen LogP contribution < -0.4 is 10.6 Å². The highest BCUT2D eigenvalue weighted by Gasteiger charge is 2.25. The van der Waals surface area contributed by atoms with Crippen molar-refractivity contribution in [1.82, 2.24) is 15.5 Å². The van der Waals surface area contributed by atoms with Crippen LogP contribution in [-0.4, -0.2) is 43.1 Å². The molecule has 1 aliphatic carbocycles. The second-order valence-corrected chi connectivity index (χ2v) is 6.97. The fourth-order valence-electron chi connectivity index (χ4n) is 3.86. The van der Waals surface area contributed by atoms with Gasteiger partial charge in [-0.2, -0.15) is 0 Å². The van der Waals surface area contributed by atoms with Crippen LogP contribution >= 0.6 is 24.0 Å². The Morgan fingerprint density at radius 2 is 2.00 bits per heavy atom. The van der Waals surface area contributed by atoms with Crippen molar-refractivity contribution in [1.29, 1.82) is 0 Å². The van der Waals surface area contributed by atoms with Gasteiger partial charge in [0.15, 0.2) is 5.96 Å². The molecule has 2 fully saturated rings. The molecule has 25 heavy (non-hydrogen) atoms. The van der Waals surface area contributed by atoms with Gasteiger partial charge in [0.2, 0.25) is 0 Å². The molecule has 1 aromatic rings. The standard InChI is InChI=1S/C19H32N4O.HI/c1-2-20-19(22-16-9-4-3-5-10-16)21-15-17(18-11-8-14-24-18)23-12-6-7-13-23;/h8,11,14,16-17H,2-7,9-10,12-13,15H2,1H3,(H2,20,21,22);1H. The Bertz CT molecular complexity index is 494. The van der Waals surface area contributed by atoms with Gasteiger partial charge < -0.3 is 15.1 Å². The third-order valence-corrected chi connectivity index (χ3v) is 5.17. The fraction of sp³-hybridized carbons (Fsp3) is 0.737. The van der Waals surface area contributed by atoms with Crippen LogP contribution in [0.5, 0.6) is 0 Å². The van der Waals surface area contributed by atoms with Gasteiger partial charge in [0, 0.05) is 12.6 Å². The van der Waals surface area contributed by atoms with E-state index < -0.39 is 0 Å². The minimum atomic E-state index is 0. The molecule has 2 heterocycles. The van der Waals surface area contributed by atoms with Crippen molar-refractivity contribution in [2.75, 3.05) is 26.2 Å². The van der Waals surface area contributed by atoms with Gasteiger partial charge in [-0.15, -0.1) is 24.0 Å². The van der Waals surface area contributed by atoms with E-state index in [1.807, 2.05) is 6.07 Å². The Hall–Kier alpha value is -0.760. The van der Waals surface area contributed by atoms with Gasteiger partial charge in [0.25, 0.3) is 0 Å². The zero-order chi connectivity index (χ0) is 16.6. The summed E-state index contributed by atoms with van der Waals surface area (Å²) in [5, 5.41) is 7.05. The average molecular weight is 460 g/mol. The predicted molar refractivity (Wildman–Crippen MR) is 114 cm³/mol. The molecule has 3 rings (SSSR count). The molecule has 0 radical (unpaired) electrons. The number of hydrogen-bond acceptors (Lipinski definition) is 3. The molecule has 1 unspecified atom stereocenters. The lowest BCUT2D eigenvalue weighted by atomic mass is 9.96. The maximum absolute atomic E-state index is 5.70. The summed E-state index contributed by atoms with van der Waals surface area (Å²) in [6.45, 7) is 6.06. The summed E-state index contributed by atoms with van der Waals surface area (Å²) in [5.41, 5.74) is 0. The molecule has 0 amide bonds. The molecular formula is C19H33IN4O. The van der Waals surface area contributed by atoms with Gasteiger partial charge in [-0.25, -0.2) is 0 Å². The van der Waals surface area contributed by atoms with E-state index >= 15 is 0 Å². The molecule has 1 saturated carbocycles. The quantitative estimate of drug-likeness (QED) is 0.384. The van der Waals surface area contributed by atoms with Crippen LogP contribution in [0.25, 0.3) is 0 Å². The largest absolute Gasteiger partial charge is 0.468 e. The molecule has 0 spiro atoms. The van der Waals surface area contributed by atoms with Crippen molar-refractivity contribution in [3.8, 4) is 0 Å². The van der Waals surface area contributed by atoms with Gasteiger partial charge in [0.1, 0.15) is 5.76 Å². The topological polar surface area (TPSA) is 52.8 Å².